The van der Waals surface area contributed by atoms with Gasteiger partial charge in [0.1, 0.15) is 6.10 Å². The molecule has 0 aliphatic carbocycles. The summed E-state index contributed by atoms with van der Waals surface area (Å²) in [5, 5.41) is 9.12. The molecule has 28 heavy (non-hydrogen) atoms. The van der Waals surface area contributed by atoms with E-state index in [1.54, 1.807) is 44.2 Å². The average Bonchev–Trinajstić information content (AvgIpc) is 2.62. The van der Waals surface area contributed by atoms with Crippen LogP contribution in [-0.2, 0) is 24.4 Å². The summed E-state index contributed by atoms with van der Waals surface area (Å²) in [4.78, 5) is 0.301. The van der Waals surface area contributed by atoms with Gasteiger partial charge in [0.05, 0.1) is 29.3 Å². The van der Waals surface area contributed by atoms with Gasteiger partial charge in [-0.15, -0.1) is 0 Å². The molecular weight excluding hydrogens is 409 g/mol. The van der Waals surface area contributed by atoms with E-state index in [9.17, 15) is 13.9 Å². The highest BCUT2D eigenvalue weighted by Crippen LogP contribution is 2.64. The summed E-state index contributed by atoms with van der Waals surface area (Å²) in [7, 11) is -6.93. The summed E-state index contributed by atoms with van der Waals surface area (Å²) in [6.07, 6.45) is -0.964. The van der Waals surface area contributed by atoms with Crippen LogP contribution < -0.4 is 0 Å². The van der Waals surface area contributed by atoms with Crippen molar-refractivity contribution in [3.63, 3.8) is 0 Å². The monoisotopic (exact) mass is 438 g/mol. The van der Waals surface area contributed by atoms with Crippen LogP contribution in [0.5, 0.6) is 0 Å². The Balaban J connectivity index is 3.34. The van der Waals surface area contributed by atoms with Gasteiger partial charge < -0.3 is 14.2 Å². The summed E-state index contributed by atoms with van der Waals surface area (Å²) in [5.74, 6) is 0. The number of hydrogen-bond acceptors (Lipinski definition) is 5. The summed E-state index contributed by atoms with van der Waals surface area (Å²) in [6, 6.07) is 6.55. The molecule has 0 aromatic heterocycles. The molecule has 0 aliphatic rings. The molecule has 0 spiro atoms. The zero-order valence-electron chi connectivity index (χ0n) is 16.9. The first-order valence-corrected chi connectivity index (χ1v) is 11.8. The van der Waals surface area contributed by atoms with Crippen LogP contribution >= 0.6 is 7.60 Å². The summed E-state index contributed by atoms with van der Waals surface area (Å²) in [5.41, 5.74) is -2.48. The van der Waals surface area contributed by atoms with E-state index >= 15 is 8.78 Å². The molecule has 0 saturated carbocycles. The lowest BCUT2D eigenvalue weighted by Gasteiger charge is -2.32. The van der Waals surface area contributed by atoms with Crippen LogP contribution in [-0.4, -0.2) is 39.5 Å². The van der Waals surface area contributed by atoms with E-state index in [2.05, 4.69) is 0 Å². The maximum Gasteiger partial charge on any atom is 0.402 e. The van der Waals surface area contributed by atoms with Gasteiger partial charge in [0.25, 0.3) is 0 Å². The van der Waals surface area contributed by atoms with E-state index in [1.165, 1.54) is 13.8 Å². The average molecular weight is 438 g/mol. The summed E-state index contributed by atoms with van der Waals surface area (Å²) in [6.45, 7) is 7.62. The van der Waals surface area contributed by atoms with Gasteiger partial charge in [0.15, 0.2) is 0 Å². The van der Waals surface area contributed by atoms with Crippen LogP contribution in [0.15, 0.2) is 40.8 Å². The van der Waals surface area contributed by atoms with Crippen molar-refractivity contribution in [3.8, 4) is 0 Å². The van der Waals surface area contributed by atoms with Gasteiger partial charge >= 0.3 is 13.3 Å². The topological polar surface area (TPSA) is 72.8 Å². The zero-order valence-corrected chi connectivity index (χ0v) is 18.6. The van der Waals surface area contributed by atoms with E-state index in [-0.39, 0.29) is 19.6 Å². The SMILES string of the molecule is CCOP(=O)(OCC)C(F)(F)[C@H](O)[C@@H](CC=C(C)C)S(=O)c1ccc(C)cc1. The Hall–Kier alpha value is -0.920. The number of benzene rings is 1. The molecule has 160 valence electrons. The first-order valence-electron chi connectivity index (χ1n) is 9.05. The van der Waals surface area contributed by atoms with Crippen LogP contribution in [0.4, 0.5) is 8.78 Å². The third kappa shape index (κ3) is 6.04. The fourth-order valence-corrected chi connectivity index (χ4v) is 5.60. The molecule has 3 atom stereocenters. The van der Waals surface area contributed by atoms with Crippen LogP contribution in [0.2, 0.25) is 0 Å². The van der Waals surface area contributed by atoms with Gasteiger partial charge in [-0.1, -0.05) is 29.3 Å². The molecule has 1 aromatic carbocycles. The molecule has 1 aromatic rings. The first kappa shape index (κ1) is 25.1. The van der Waals surface area contributed by atoms with Gasteiger partial charge in [-0.2, -0.15) is 8.78 Å². The number of allylic oxidation sites excluding steroid dienone is 2. The third-order valence-corrected chi connectivity index (χ3v) is 7.89. The normalized spacial score (nSPS) is 15.7. The number of alkyl halides is 2. The Kier molecular flexibility index (Phi) is 9.64. The second-order valence-corrected chi connectivity index (χ2v) is 10.3. The molecular formula is C19H29F2O5PS. The molecule has 0 heterocycles. The third-order valence-electron chi connectivity index (χ3n) is 3.96. The van der Waals surface area contributed by atoms with Crippen molar-refractivity contribution < 1.29 is 31.7 Å². The number of rotatable bonds is 11. The van der Waals surface area contributed by atoms with Crippen LogP contribution in [0.3, 0.4) is 0 Å². The van der Waals surface area contributed by atoms with E-state index in [1.807, 2.05) is 6.92 Å². The van der Waals surface area contributed by atoms with Crippen LogP contribution in [0.25, 0.3) is 0 Å². The molecule has 0 aliphatic heterocycles. The zero-order chi connectivity index (χ0) is 21.5. The van der Waals surface area contributed by atoms with Gasteiger partial charge in [0.2, 0.25) is 0 Å². The highest BCUT2D eigenvalue weighted by Gasteiger charge is 2.61. The molecule has 0 radical (unpaired) electrons. The number of aliphatic hydroxyl groups is 1. The molecule has 1 rings (SSSR count). The van der Waals surface area contributed by atoms with Crippen LogP contribution in [0.1, 0.15) is 39.7 Å². The fourth-order valence-electron chi connectivity index (χ4n) is 2.47. The lowest BCUT2D eigenvalue weighted by atomic mass is 10.1. The maximum atomic E-state index is 15.0. The lowest BCUT2D eigenvalue weighted by Crippen LogP contribution is -2.45. The molecule has 5 nitrogen and oxygen atoms in total. The summed E-state index contributed by atoms with van der Waals surface area (Å²) >= 11 is 0. The predicted octanol–water partition coefficient (Wildman–Crippen LogP) is 5.05. The quantitative estimate of drug-likeness (QED) is 0.387. The Bertz CT molecular complexity index is 722. The first-order chi connectivity index (χ1) is 13.0. The molecule has 0 amide bonds. The number of aliphatic hydroxyl groups excluding tert-OH is 1. The second-order valence-electron chi connectivity index (χ2n) is 6.53. The minimum Gasteiger partial charge on any atom is -0.385 e. The van der Waals surface area contributed by atoms with Crippen molar-refractivity contribution in [1.29, 1.82) is 0 Å². The molecule has 1 N–H and O–H groups in total. The Morgan fingerprint density at radius 2 is 1.71 bits per heavy atom. The van der Waals surface area contributed by atoms with E-state index in [4.69, 9.17) is 9.05 Å². The maximum absolute atomic E-state index is 15.0. The van der Waals surface area contributed by atoms with E-state index in [0.29, 0.717) is 4.90 Å². The van der Waals surface area contributed by atoms with Crippen molar-refractivity contribution in [2.75, 3.05) is 13.2 Å². The predicted molar refractivity (Wildman–Crippen MR) is 107 cm³/mol. The van der Waals surface area contributed by atoms with Crippen LogP contribution in [0, 0.1) is 6.92 Å². The molecule has 0 bridgehead atoms. The second kappa shape index (κ2) is 10.7. The standard InChI is InChI=1S/C19H29F2O5PS/c1-6-25-27(23,26-7-2)19(20,21)18(22)17(13-8-14(3)4)28(24)16-11-9-15(5)10-12-16/h8-12,17-18,22H,6-7,13H2,1-5H3/t17-,18-,28?/m1/s1. The van der Waals surface area contributed by atoms with Crippen molar-refractivity contribution in [3.05, 3.63) is 41.5 Å². The van der Waals surface area contributed by atoms with Gasteiger partial charge in [0, 0.05) is 4.90 Å². The van der Waals surface area contributed by atoms with Crippen molar-refractivity contribution in [2.24, 2.45) is 0 Å². The van der Waals surface area contributed by atoms with E-state index < -0.39 is 35.4 Å². The van der Waals surface area contributed by atoms with Crippen molar-refractivity contribution in [1.82, 2.24) is 0 Å². The Morgan fingerprint density at radius 3 is 2.14 bits per heavy atom. The number of hydrogen-bond donors (Lipinski definition) is 1. The van der Waals surface area contributed by atoms with Crippen molar-refractivity contribution in [2.45, 2.75) is 63.0 Å². The molecule has 0 saturated heterocycles. The number of aryl methyl sites for hydroxylation is 1. The largest absolute Gasteiger partial charge is 0.402 e. The fraction of sp³-hybridized carbons (Fsp3) is 0.579. The highest BCUT2D eigenvalue weighted by atomic mass is 32.2. The molecule has 0 fully saturated rings. The van der Waals surface area contributed by atoms with Gasteiger partial charge in [-0.25, -0.2) is 0 Å². The lowest BCUT2D eigenvalue weighted by molar-refractivity contribution is -0.0659. The van der Waals surface area contributed by atoms with Gasteiger partial charge in [-0.3, -0.25) is 8.77 Å². The minimum absolute atomic E-state index is 0.0855. The van der Waals surface area contributed by atoms with Gasteiger partial charge in [-0.05, 0) is 53.2 Å². The smallest absolute Gasteiger partial charge is 0.385 e. The van der Waals surface area contributed by atoms with E-state index in [0.717, 1.165) is 11.1 Å². The minimum atomic E-state index is -4.96. The summed E-state index contributed by atoms with van der Waals surface area (Å²) < 4.78 is 65.2. The molecule has 1 unspecified atom stereocenters. The number of halogens is 2. The Labute approximate surface area is 168 Å². The highest BCUT2D eigenvalue weighted by molar-refractivity contribution is 7.85. The molecule has 9 heteroatoms. The van der Waals surface area contributed by atoms with Crippen molar-refractivity contribution >= 4 is 18.4 Å². The Morgan fingerprint density at radius 1 is 1.21 bits per heavy atom.